The van der Waals surface area contributed by atoms with E-state index in [9.17, 15) is 9.59 Å². The summed E-state index contributed by atoms with van der Waals surface area (Å²) in [5, 5.41) is 2.80. The molecule has 0 radical (unpaired) electrons. The summed E-state index contributed by atoms with van der Waals surface area (Å²) in [6.07, 6.45) is 9.17. The van der Waals surface area contributed by atoms with Gasteiger partial charge in [-0.2, -0.15) is 0 Å². The minimum atomic E-state index is -0.319. The van der Waals surface area contributed by atoms with Crippen molar-refractivity contribution >= 4 is 11.9 Å². The molecule has 1 aliphatic rings. The predicted octanol–water partition coefficient (Wildman–Crippen LogP) is 3.16. The maximum Gasteiger partial charge on any atom is 0.306 e. The molecular formula is C19H36N2O3. The van der Waals surface area contributed by atoms with Gasteiger partial charge in [-0.15, -0.1) is 0 Å². The van der Waals surface area contributed by atoms with Crippen LogP contribution in [0.3, 0.4) is 0 Å². The second-order valence-corrected chi connectivity index (χ2v) is 7.90. The monoisotopic (exact) mass is 340 g/mol. The van der Waals surface area contributed by atoms with Crippen LogP contribution in [-0.4, -0.2) is 30.6 Å². The van der Waals surface area contributed by atoms with Gasteiger partial charge in [-0.3, -0.25) is 9.59 Å². The van der Waals surface area contributed by atoms with Gasteiger partial charge in [0, 0.05) is 6.54 Å². The number of esters is 1. The molecule has 0 aliphatic heterocycles. The molecule has 0 aromatic rings. The molecule has 1 amide bonds. The number of rotatable bonds is 8. The van der Waals surface area contributed by atoms with Crippen LogP contribution >= 0.6 is 0 Å². The Hall–Kier alpha value is -1.10. The molecule has 5 nitrogen and oxygen atoms in total. The van der Waals surface area contributed by atoms with Crippen molar-refractivity contribution in [1.29, 1.82) is 0 Å². The van der Waals surface area contributed by atoms with Crippen molar-refractivity contribution in [3.8, 4) is 0 Å². The number of hydrogen-bond acceptors (Lipinski definition) is 4. The molecule has 0 aromatic heterocycles. The molecule has 1 aliphatic carbocycles. The summed E-state index contributed by atoms with van der Waals surface area (Å²) < 4.78 is 5.88. The first-order chi connectivity index (χ1) is 11.3. The molecule has 1 saturated carbocycles. The third kappa shape index (κ3) is 8.67. The zero-order valence-corrected chi connectivity index (χ0v) is 15.7. The van der Waals surface area contributed by atoms with E-state index in [0.717, 1.165) is 32.1 Å². The first kappa shape index (κ1) is 20.9. The van der Waals surface area contributed by atoms with Crippen molar-refractivity contribution in [2.24, 2.45) is 17.6 Å². The quantitative estimate of drug-likeness (QED) is 0.665. The number of carbonyl (C=O) groups is 2. The maximum atomic E-state index is 12.5. The summed E-state index contributed by atoms with van der Waals surface area (Å²) in [6, 6.07) is 0. The van der Waals surface area contributed by atoms with Gasteiger partial charge < -0.3 is 15.8 Å². The second kappa shape index (κ2) is 10.7. The summed E-state index contributed by atoms with van der Waals surface area (Å²) >= 11 is 0. The Balaban J connectivity index is 2.53. The van der Waals surface area contributed by atoms with Crippen LogP contribution in [0.2, 0.25) is 0 Å². The fraction of sp³-hybridized carbons (Fsp3) is 0.895. The molecule has 0 spiro atoms. The number of carbonyl (C=O) groups excluding carboxylic acids is 2. The van der Waals surface area contributed by atoms with Crippen molar-refractivity contribution in [2.75, 3.05) is 13.1 Å². The number of hydrogen-bond donors (Lipinski definition) is 2. The van der Waals surface area contributed by atoms with Gasteiger partial charge in [-0.05, 0) is 50.9 Å². The van der Waals surface area contributed by atoms with Gasteiger partial charge in [0.15, 0.2) is 0 Å². The van der Waals surface area contributed by atoms with E-state index in [-0.39, 0.29) is 29.9 Å². The highest BCUT2D eigenvalue weighted by molar-refractivity contribution is 5.77. The minimum Gasteiger partial charge on any atom is -0.459 e. The molecule has 1 rings (SSSR count). The molecular weight excluding hydrogens is 304 g/mol. The average Bonchev–Trinajstić information content (AvgIpc) is 2.48. The van der Waals surface area contributed by atoms with Crippen LogP contribution < -0.4 is 11.1 Å². The van der Waals surface area contributed by atoms with E-state index in [1.54, 1.807) is 0 Å². The normalized spacial score (nSPS) is 19.2. The first-order valence-electron chi connectivity index (χ1n) is 9.53. The summed E-state index contributed by atoms with van der Waals surface area (Å²) in [6.45, 7) is 6.79. The highest BCUT2D eigenvalue weighted by atomic mass is 16.6. The van der Waals surface area contributed by atoms with Crippen molar-refractivity contribution in [3.63, 3.8) is 0 Å². The van der Waals surface area contributed by atoms with Gasteiger partial charge in [-0.25, -0.2) is 0 Å². The molecule has 0 unspecified atom stereocenters. The molecule has 0 aromatic carbocycles. The van der Waals surface area contributed by atoms with Crippen LogP contribution in [0, 0.1) is 11.8 Å². The zero-order chi connectivity index (χ0) is 18.0. The maximum absolute atomic E-state index is 12.5. The summed E-state index contributed by atoms with van der Waals surface area (Å²) in [5.74, 6) is 0.259. The van der Waals surface area contributed by atoms with Crippen LogP contribution in [0.5, 0.6) is 0 Å². The molecule has 140 valence electrons. The van der Waals surface area contributed by atoms with Gasteiger partial charge in [0.25, 0.3) is 0 Å². The molecule has 5 heteroatoms. The fourth-order valence-electron chi connectivity index (χ4n) is 3.54. The summed E-state index contributed by atoms with van der Waals surface area (Å²) in [7, 11) is 0. The smallest absolute Gasteiger partial charge is 0.306 e. The highest BCUT2D eigenvalue weighted by Gasteiger charge is 2.30. The van der Waals surface area contributed by atoms with Gasteiger partial charge in [0.05, 0.1) is 13.0 Å². The third-order valence-corrected chi connectivity index (χ3v) is 4.80. The van der Waals surface area contributed by atoms with E-state index in [2.05, 4.69) is 26.1 Å². The number of nitrogens with two attached hydrogens (primary N) is 1. The molecule has 3 N–H and O–H groups in total. The van der Waals surface area contributed by atoms with Crippen LogP contribution in [0.15, 0.2) is 0 Å². The van der Waals surface area contributed by atoms with Crippen LogP contribution in [-0.2, 0) is 14.3 Å². The minimum absolute atomic E-state index is 0.0169. The van der Waals surface area contributed by atoms with Crippen molar-refractivity contribution in [3.05, 3.63) is 0 Å². The van der Waals surface area contributed by atoms with Crippen molar-refractivity contribution in [1.82, 2.24) is 5.32 Å². The van der Waals surface area contributed by atoms with E-state index in [1.807, 2.05) is 0 Å². The van der Waals surface area contributed by atoms with Crippen molar-refractivity contribution in [2.45, 2.75) is 84.2 Å². The van der Waals surface area contributed by atoms with E-state index >= 15 is 0 Å². The Bertz CT molecular complexity index is 388. The Morgan fingerprint density at radius 3 is 2.25 bits per heavy atom. The van der Waals surface area contributed by atoms with Crippen molar-refractivity contribution < 1.29 is 14.3 Å². The van der Waals surface area contributed by atoms with Crippen LogP contribution in [0.25, 0.3) is 0 Å². The number of nitrogens with one attached hydrogen (secondary N) is 1. The zero-order valence-electron chi connectivity index (χ0n) is 15.7. The lowest BCUT2D eigenvalue weighted by Gasteiger charge is -2.32. The van der Waals surface area contributed by atoms with Gasteiger partial charge in [0.1, 0.15) is 5.60 Å². The van der Waals surface area contributed by atoms with Gasteiger partial charge >= 0.3 is 5.97 Å². The van der Waals surface area contributed by atoms with E-state index in [1.165, 1.54) is 19.3 Å². The van der Waals surface area contributed by atoms with E-state index < -0.39 is 0 Å². The Kier molecular flexibility index (Phi) is 9.34. The summed E-state index contributed by atoms with van der Waals surface area (Å²) in [4.78, 5) is 23.8. The first-order valence-corrected chi connectivity index (χ1v) is 9.53. The van der Waals surface area contributed by atoms with Gasteiger partial charge in [-0.1, -0.05) is 33.1 Å². The highest BCUT2D eigenvalue weighted by Crippen LogP contribution is 2.30. The largest absolute Gasteiger partial charge is 0.459 e. The Labute approximate surface area is 147 Å². The molecule has 0 saturated heterocycles. The fourth-order valence-corrected chi connectivity index (χ4v) is 3.54. The second-order valence-electron chi connectivity index (χ2n) is 7.90. The van der Waals surface area contributed by atoms with Gasteiger partial charge in [0.2, 0.25) is 5.91 Å². The number of ether oxygens (including phenoxy) is 1. The third-order valence-electron chi connectivity index (χ3n) is 4.80. The topological polar surface area (TPSA) is 81.4 Å². The lowest BCUT2D eigenvalue weighted by Crippen LogP contribution is -2.37. The number of amides is 1. The lowest BCUT2D eigenvalue weighted by molar-refractivity contribution is -0.161. The molecule has 0 heterocycles. The van der Waals surface area contributed by atoms with E-state index in [4.69, 9.17) is 10.5 Å². The molecule has 24 heavy (non-hydrogen) atoms. The standard InChI is InChI=1S/C19H36N2O3/c1-15(2)11-16(14-21-17(22)13-20)12-18(23)24-19(3)9-7-5-4-6-8-10-19/h15-16H,4-14,20H2,1-3H3,(H,21,22)/t16-/m0/s1. The van der Waals surface area contributed by atoms with Crippen LogP contribution in [0.4, 0.5) is 0 Å². The summed E-state index contributed by atoms with van der Waals surface area (Å²) in [5.41, 5.74) is 5.01. The lowest BCUT2D eigenvalue weighted by atomic mass is 9.88. The Morgan fingerprint density at radius 1 is 1.12 bits per heavy atom. The molecule has 0 bridgehead atoms. The van der Waals surface area contributed by atoms with E-state index in [0.29, 0.717) is 18.9 Å². The van der Waals surface area contributed by atoms with Crippen LogP contribution in [0.1, 0.15) is 78.6 Å². The average molecular weight is 341 g/mol. The Morgan fingerprint density at radius 2 is 1.71 bits per heavy atom. The SMILES string of the molecule is CC(C)C[C@H](CNC(=O)CN)CC(=O)OC1(C)CCCCCCC1. The predicted molar refractivity (Wildman–Crippen MR) is 96.4 cm³/mol. The molecule has 1 atom stereocenters. The molecule has 1 fully saturated rings.